The first-order chi connectivity index (χ1) is 10.0. The van der Waals surface area contributed by atoms with E-state index in [1.165, 1.54) is 24.4 Å². The maximum absolute atomic E-state index is 12.0. The number of aromatic amines is 1. The zero-order chi connectivity index (χ0) is 15.2. The van der Waals surface area contributed by atoms with E-state index in [0.717, 1.165) is 0 Å². The fourth-order valence-corrected chi connectivity index (χ4v) is 1.54. The van der Waals surface area contributed by atoms with Crippen LogP contribution in [0.2, 0.25) is 0 Å². The second-order valence-electron chi connectivity index (χ2n) is 4.05. The molecule has 0 saturated heterocycles. The van der Waals surface area contributed by atoms with E-state index in [2.05, 4.69) is 25.2 Å². The lowest BCUT2D eigenvalue weighted by atomic mass is 10.2. The lowest BCUT2D eigenvalue weighted by molar-refractivity contribution is -0.0498. The zero-order valence-corrected chi connectivity index (χ0v) is 11.0. The third-order valence-electron chi connectivity index (χ3n) is 2.36. The average molecular weight is 294 g/mol. The Labute approximate surface area is 118 Å². The molecule has 21 heavy (non-hydrogen) atoms. The zero-order valence-electron chi connectivity index (χ0n) is 11.0. The van der Waals surface area contributed by atoms with Gasteiger partial charge in [0, 0.05) is 11.8 Å². The molecule has 0 aliphatic carbocycles. The number of halogens is 2. The van der Waals surface area contributed by atoms with Gasteiger partial charge in [-0.25, -0.2) is 10.4 Å². The van der Waals surface area contributed by atoms with Crippen LogP contribution in [-0.2, 0) is 0 Å². The number of ether oxygens (including phenoxy) is 1. The molecule has 0 aliphatic heterocycles. The molecule has 0 atom stereocenters. The van der Waals surface area contributed by atoms with Crippen LogP contribution < -0.4 is 15.7 Å². The molecule has 0 aliphatic rings. The minimum atomic E-state index is -2.85. The molecule has 0 fully saturated rings. The summed E-state index contributed by atoms with van der Waals surface area (Å²) in [5, 5.41) is 3.89. The third kappa shape index (κ3) is 4.68. The van der Waals surface area contributed by atoms with Gasteiger partial charge in [0.1, 0.15) is 5.75 Å². The number of aryl methyl sites for hydroxylation is 1. The quantitative estimate of drug-likeness (QED) is 0.654. The summed E-state index contributed by atoms with van der Waals surface area (Å²) in [7, 11) is 0. The molecule has 0 radical (unpaired) electrons. The Morgan fingerprint density at radius 3 is 2.71 bits per heavy atom. The summed E-state index contributed by atoms with van der Waals surface area (Å²) in [6.07, 6.45) is 1.45. The molecule has 110 valence electrons. The Morgan fingerprint density at radius 2 is 2.10 bits per heavy atom. The summed E-state index contributed by atoms with van der Waals surface area (Å²) in [5.41, 5.74) is 3.52. The van der Waals surface area contributed by atoms with E-state index in [0.29, 0.717) is 11.3 Å². The monoisotopic (exact) mass is 294 g/mol. The van der Waals surface area contributed by atoms with Crippen LogP contribution in [0, 0.1) is 6.92 Å². The highest BCUT2D eigenvalue weighted by atomic mass is 19.3. The molecular weight excluding hydrogens is 282 g/mol. The van der Waals surface area contributed by atoms with Crippen LogP contribution in [-0.4, -0.2) is 22.8 Å². The van der Waals surface area contributed by atoms with Gasteiger partial charge in [-0.05, 0) is 36.8 Å². The number of aromatic nitrogens is 2. The van der Waals surface area contributed by atoms with E-state index >= 15 is 0 Å². The fraction of sp³-hybridized carbons (Fsp3) is 0.154. The van der Waals surface area contributed by atoms with E-state index in [-0.39, 0.29) is 17.3 Å². The highest BCUT2D eigenvalue weighted by molar-refractivity contribution is 5.80. The van der Waals surface area contributed by atoms with E-state index in [9.17, 15) is 13.6 Å². The lowest BCUT2D eigenvalue weighted by Gasteiger charge is -2.03. The molecule has 0 bridgehead atoms. The number of anilines is 1. The Kier molecular flexibility index (Phi) is 4.60. The van der Waals surface area contributed by atoms with Gasteiger partial charge in [0.05, 0.1) is 6.21 Å². The van der Waals surface area contributed by atoms with Crippen molar-refractivity contribution >= 4 is 12.2 Å². The Balaban J connectivity index is 1.99. The largest absolute Gasteiger partial charge is 0.435 e. The van der Waals surface area contributed by atoms with Gasteiger partial charge in [0.15, 0.2) is 0 Å². The fourth-order valence-electron chi connectivity index (χ4n) is 1.54. The maximum atomic E-state index is 12.0. The van der Waals surface area contributed by atoms with Gasteiger partial charge in [-0.2, -0.15) is 13.9 Å². The summed E-state index contributed by atoms with van der Waals surface area (Å²) >= 11 is 0. The molecule has 2 N–H and O–H groups in total. The minimum absolute atomic E-state index is 0.0693. The molecule has 0 amide bonds. The standard InChI is InChI=1S/C13H12F2N4O2/c1-8-6-11(20)18-13(17-8)19-16-7-9-2-4-10(5-3-9)21-12(14)15/h2-7,12H,1H3,(H2,17,18,19,20). The van der Waals surface area contributed by atoms with Crippen molar-refractivity contribution in [2.24, 2.45) is 5.10 Å². The van der Waals surface area contributed by atoms with E-state index < -0.39 is 6.61 Å². The molecule has 1 heterocycles. The summed E-state index contributed by atoms with van der Waals surface area (Å²) in [6, 6.07) is 7.29. The van der Waals surface area contributed by atoms with Crippen LogP contribution in [0.1, 0.15) is 11.3 Å². The summed E-state index contributed by atoms with van der Waals surface area (Å²) in [5.74, 6) is 0.286. The molecule has 0 saturated carbocycles. The van der Waals surface area contributed by atoms with Crippen molar-refractivity contribution in [2.75, 3.05) is 5.43 Å². The van der Waals surface area contributed by atoms with E-state index in [1.807, 2.05) is 0 Å². The molecule has 1 aromatic carbocycles. The van der Waals surface area contributed by atoms with Crippen molar-refractivity contribution in [1.82, 2.24) is 9.97 Å². The van der Waals surface area contributed by atoms with Crippen LogP contribution in [0.3, 0.4) is 0 Å². The van der Waals surface area contributed by atoms with Gasteiger partial charge in [-0.1, -0.05) is 0 Å². The molecule has 2 rings (SSSR count). The SMILES string of the molecule is Cc1cc(=O)[nH]c(NN=Cc2ccc(OC(F)F)cc2)n1. The number of benzene rings is 1. The Hall–Kier alpha value is -2.77. The number of nitrogens with zero attached hydrogens (tertiary/aromatic N) is 2. The third-order valence-corrected chi connectivity index (χ3v) is 2.36. The highest BCUT2D eigenvalue weighted by Gasteiger charge is 2.02. The van der Waals surface area contributed by atoms with Crippen LogP contribution in [0.5, 0.6) is 5.75 Å². The summed E-state index contributed by atoms with van der Waals surface area (Å²) in [6.45, 7) is -1.17. The summed E-state index contributed by atoms with van der Waals surface area (Å²) < 4.78 is 28.2. The number of H-pyrrole nitrogens is 1. The molecule has 8 heteroatoms. The first-order valence-corrected chi connectivity index (χ1v) is 5.95. The maximum Gasteiger partial charge on any atom is 0.387 e. The number of hydrogen-bond acceptors (Lipinski definition) is 5. The average Bonchev–Trinajstić information content (AvgIpc) is 2.39. The number of hydrogen-bond donors (Lipinski definition) is 2. The van der Waals surface area contributed by atoms with Gasteiger partial charge in [0.2, 0.25) is 5.95 Å². The van der Waals surface area contributed by atoms with Crippen LogP contribution in [0.25, 0.3) is 0 Å². The minimum Gasteiger partial charge on any atom is -0.435 e. The molecule has 1 aromatic heterocycles. The first kappa shape index (κ1) is 14.6. The van der Waals surface area contributed by atoms with Crippen LogP contribution in [0.15, 0.2) is 40.2 Å². The second kappa shape index (κ2) is 6.60. The van der Waals surface area contributed by atoms with Crippen molar-refractivity contribution < 1.29 is 13.5 Å². The van der Waals surface area contributed by atoms with Crippen LogP contribution in [0.4, 0.5) is 14.7 Å². The smallest absolute Gasteiger partial charge is 0.387 e. The summed E-state index contributed by atoms with van der Waals surface area (Å²) in [4.78, 5) is 17.7. The van der Waals surface area contributed by atoms with Gasteiger partial charge in [-0.15, -0.1) is 0 Å². The predicted octanol–water partition coefficient (Wildman–Crippen LogP) is 2.13. The number of alkyl halides is 2. The lowest BCUT2D eigenvalue weighted by Crippen LogP contribution is -2.10. The van der Waals surface area contributed by atoms with Gasteiger partial charge in [-0.3, -0.25) is 9.78 Å². The predicted molar refractivity (Wildman–Crippen MR) is 73.9 cm³/mol. The topological polar surface area (TPSA) is 79.4 Å². The van der Waals surface area contributed by atoms with Crippen molar-refractivity contribution in [3.8, 4) is 5.75 Å². The molecule has 0 unspecified atom stereocenters. The molecule has 0 spiro atoms. The van der Waals surface area contributed by atoms with Gasteiger partial charge >= 0.3 is 6.61 Å². The van der Waals surface area contributed by atoms with Crippen molar-refractivity contribution in [2.45, 2.75) is 13.5 Å². The van der Waals surface area contributed by atoms with Crippen molar-refractivity contribution in [3.63, 3.8) is 0 Å². The Morgan fingerprint density at radius 1 is 1.38 bits per heavy atom. The van der Waals surface area contributed by atoms with Crippen molar-refractivity contribution in [3.05, 3.63) is 51.9 Å². The number of hydrazone groups is 1. The number of rotatable bonds is 5. The normalized spacial score (nSPS) is 11.0. The highest BCUT2D eigenvalue weighted by Crippen LogP contribution is 2.13. The molecule has 2 aromatic rings. The second-order valence-corrected chi connectivity index (χ2v) is 4.05. The molecular formula is C13H12F2N4O2. The van der Waals surface area contributed by atoms with Gasteiger partial charge in [0.25, 0.3) is 5.56 Å². The number of nitrogens with one attached hydrogen (secondary N) is 2. The van der Waals surface area contributed by atoms with Crippen molar-refractivity contribution in [1.29, 1.82) is 0 Å². The first-order valence-electron chi connectivity index (χ1n) is 5.95. The van der Waals surface area contributed by atoms with Gasteiger partial charge < -0.3 is 4.74 Å². The van der Waals surface area contributed by atoms with Crippen LogP contribution >= 0.6 is 0 Å². The molecule has 6 nitrogen and oxygen atoms in total. The van der Waals surface area contributed by atoms with E-state index in [1.54, 1.807) is 19.1 Å². The van der Waals surface area contributed by atoms with E-state index in [4.69, 9.17) is 0 Å². The Bertz CT molecular complexity index is 683.